The van der Waals surface area contributed by atoms with Crippen LogP contribution in [0.25, 0.3) is 0 Å². The molecule has 0 saturated heterocycles. The number of ether oxygens (including phenoxy) is 1. The van der Waals surface area contributed by atoms with Gasteiger partial charge in [-0.15, -0.1) is 0 Å². The maximum atomic E-state index is 13.1. The zero-order chi connectivity index (χ0) is 14.0. The summed E-state index contributed by atoms with van der Waals surface area (Å²) in [4.78, 5) is 10.1. The van der Waals surface area contributed by atoms with E-state index in [0.717, 1.165) is 18.2 Å². The normalized spacial score (nSPS) is 19.1. The monoisotopic (exact) mass is 275 g/mol. The molecule has 4 nitrogen and oxygen atoms in total. The summed E-state index contributed by atoms with van der Waals surface area (Å²) in [7, 11) is 0. The highest BCUT2D eigenvalue weighted by atomic mass is 19.3. The quantitative estimate of drug-likeness (QED) is 0.624. The molecule has 1 aromatic rings. The number of hydrogen-bond donors (Lipinski definition) is 0. The van der Waals surface area contributed by atoms with Crippen LogP contribution in [-0.2, 0) is 0 Å². The first kappa shape index (κ1) is 13.6. The molecule has 1 aliphatic carbocycles. The highest BCUT2D eigenvalue weighted by molar-refractivity contribution is 5.46. The number of halogens is 3. The van der Waals surface area contributed by atoms with E-state index in [1.54, 1.807) is 0 Å². The predicted octanol–water partition coefficient (Wildman–Crippen LogP) is 3.69. The van der Waals surface area contributed by atoms with Gasteiger partial charge >= 0.3 is 5.69 Å². The molecule has 1 fully saturated rings. The van der Waals surface area contributed by atoms with Gasteiger partial charge in [-0.1, -0.05) is 0 Å². The Labute approximate surface area is 107 Å². The average molecular weight is 275 g/mol. The van der Waals surface area contributed by atoms with Crippen LogP contribution in [0.1, 0.15) is 25.7 Å². The zero-order valence-corrected chi connectivity index (χ0v) is 9.94. The number of hydrogen-bond acceptors (Lipinski definition) is 3. The van der Waals surface area contributed by atoms with Gasteiger partial charge in [0, 0.05) is 25.0 Å². The van der Waals surface area contributed by atoms with Crippen molar-refractivity contribution >= 4 is 5.69 Å². The van der Waals surface area contributed by atoms with Crippen molar-refractivity contribution in [3.63, 3.8) is 0 Å². The van der Waals surface area contributed by atoms with Gasteiger partial charge in [0.1, 0.15) is 5.82 Å². The average Bonchev–Trinajstić information content (AvgIpc) is 2.31. The Balaban J connectivity index is 2.11. The molecule has 0 N–H and O–H groups in total. The van der Waals surface area contributed by atoms with Crippen molar-refractivity contribution in [2.24, 2.45) is 0 Å². The summed E-state index contributed by atoms with van der Waals surface area (Å²) in [5.41, 5.74) is -0.362. The van der Waals surface area contributed by atoms with E-state index in [-0.39, 0.29) is 37.1 Å². The van der Waals surface area contributed by atoms with Crippen LogP contribution in [0.2, 0.25) is 0 Å². The second-order valence-corrected chi connectivity index (χ2v) is 4.54. The van der Waals surface area contributed by atoms with Gasteiger partial charge in [0.2, 0.25) is 5.92 Å². The molecule has 104 valence electrons. The minimum absolute atomic E-state index is 0.0979. The summed E-state index contributed by atoms with van der Waals surface area (Å²) in [5, 5.41) is 10.8. The van der Waals surface area contributed by atoms with Gasteiger partial charge in [-0.05, 0) is 18.9 Å². The Hall–Kier alpha value is -1.79. The number of nitro groups is 1. The number of rotatable bonds is 3. The lowest BCUT2D eigenvalue weighted by molar-refractivity contribution is -0.386. The third-order valence-corrected chi connectivity index (χ3v) is 3.08. The van der Waals surface area contributed by atoms with Crippen LogP contribution in [-0.4, -0.2) is 16.9 Å². The highest BCUT2D eigenvalue weighted by Gasteiger charge is 2.36. The number of benzene rings is 1. The Morgan fingerprint density at radius 2 is 1.95 bits per heavy atom. The molecule has 1 aromatic carbocycles. The van der Waals surface area contributed by atoms with Crippen molar-refractivity contribution < 1.29 is 22.8 Å². The van der Waals surface area contributed by atoms with Gasteiger partial charge in [0.05, 0.1) is 11.0 Å². The minimum Gasteiger partial charge on any atom is -0.483 e. The van der Waals surface area contributed by atoms with E-state index >= 15 is 0 Å². The van der Waals surface area contributed by atoms with E-state index in [2.05, 4.69) is 0 Å². The van der Waals surface area contributed by atoms with Crippen LogP contribution in [0.4, 0.5) is 18.9 Å². The van der Waals surface area contributed by atoms with E-state index in [0.29, 0.717) is 0 Å². The molecule has 0 amide bonds. The lowest BCUT2D eigenvalue weighted by Gasteiger charge is -2.28. The van der Waals surface area contributed by atoms with Crippen LogP contribution in [0.5, 0.6) is 5.75 Å². The van der Waals surface area contributed by atoms with Crippen LogP contribution < -0.4 is 4.74 Å². The van der Waals surface area contributed by atoms with Crippen molar-refractivity contribution in [1.29, 1.82) is 0 Å². The molecule has 2 rings (SSSR count). The second-order valence-electron chi connectivity index (χ2n) is 4.54. The molecular weight excluding hydrogens is 263 g/mol. The van der Waals surface area contributed by atoms with Crippen molar-refractivity contribution in [2.75, 3.05) is 0 Å². The van der Waals surface area contributed by atoms with Crippen molar-refractivity contribution in [1.82, 2.24) is 0 Å². The van der Waals surface area contributed by atoms with Crippen LogP contribution in [0.15, 0.2) is 18.2 Å². The van der Waals surface area contributed by atoms with E-state index in [1.165, 1.54) is 0 Å². The first-order chi connectivity index (χ1) is 8.87. The number of nitro benzene ring substituents is 1. The summed E-state index contributed by atoms with van der Waals surface area (Å²) < 4.78 is 44.3. The number of alkyl halides is 2. The zero-order valence-electron chi connectivity index (χ0n) is 9.94. The smallest absolute Gasteiger partial charge is 0.311 e. The first-order valence-corrected chi connectivity index (χ1v) is 5.86. The fraction of sp³-hybridized carbons (Fsp3) is 0.500. The van der Waals surface area contributed by atoms with E-state index < -0.39 is 22.8 Å². The lowest BCUT2D eigenvalue weighted by Crippen LogP contribution is -2.30. The lowest BCUT2D eigenvalue weighted by atomic mass is 9.94. The van der Waals surface area contributed by atoms with E-state index in [4.69, 9.17) is 4.74 Å². The molecule has 0 aliphatic heterocycles. The Morgan fingerprint density at radius 3 is 2.53 bits per heavy atom. The van der Waals surface area contributed by atoms with Crippen LogP contribution in [0.3, 0.4) is 0 Å². The van der Waals surface area contributed by atoms with Crippen molar-refractivity contribution in [2.45, 2.75) is 37.7 Å². The van der Waals surface area contributed by atoms with Gasteiger partial charge in [0.25, 0.3) is 0 Å². The second kappa shape index (κ2) is 5.07. The molecule has 0 heterocycles. The molecule has 0 radical (unpaired) electrons. The predicted molar refractivity (Wildman–Crippen MR) is 60.9 cm³/mol. The largest absolute Gasteiger partial charge is 0.483 e. The molecule has 0 spiro atoms. The molecule has 0 unspecified atom stereocenters. The maximum Gasteiger partial charge on any atom is 0.311 e. The molecule has 0 bridgehead atoms. The Morgan fingerprint density at radius 1 is 1.32 bits per heavy atom. The molecule has 0 aromatic heterocycles. The van der Waals surface area contributed by atoms with Gasteiger partial charge in [0.15, 0.2) is 5.75 Å². The van der Waals surface area contributed by atoms with E-state index in [1.807, 2.05) is 0 Å². The molecule has 7 heteroatoms. The fourth-order valence-corrected chi connectivity index (χ4v) is 2.04. The minimum atomic E-state index is -2.70. The summed E-state index contributed by atoms with van der Waals surface area (Å²) in [6.45, 7) is 0. The van der Waals surface area contributed by atoms with Crippen LogP contribution in [0, 0.1) is 15.9 Å². The number of nitrogens with zero attached hydrogens (tertiary/aromatic N) is 1. The van der Waals surface area contributed by atoms with Gasteiger partial charge in [-0.2, -0.15) is 0 Å². The van der Waals surface area contributed by atoms with Crippen molar-refractivity contribution in [3.05, 3.63) is 34.1 Å². The van der Waals surface area contributed by atoms with Gasteiger partial charge in [-0.3, -0.25) is 10.1 Å². The summed E-state index contributed by atoms with van der Waals surface area (Å²) >= 11 is 0. The maximum absolute atomic E-state index is 13.1. The third kappa shape index (κ3) is 3.36. The van der Waals surface area contributed by atoms with Gasteiger partial charge in [-0.25, -0.2) is 13.2 Å². The highest BCUT2D eigenvalue weighted by Crippen LogP contribution is 2.36. The summed E-state index contributed by atoms with van der Waals surface area (Å²) in [6, 6.07) is 2.87. The fourth-order valence-electron chi connectivity index (χ4n) is 2.04. The third-order valence-electron chi connectivity index (χ3n) is 3.08. The van der Waals surface area contributed by atoms with Crippen LogP contribution >= 0.6 is 0 Å². The molecule has 1 saturated carbocycles. The molecular formula is C12H12F3NO3. The molecule has 0 atom stereocenters. The SMILES string of the molecule is O=[N+]([O-])c1ccc(F)cc1OC1CCC(F)(F)CC1. The topological polar surface area (TPSA) is 52.4 Å². The summed E-state index contributed by atoms with van der Waals surface area (Å²) in [5.74, 6) is -3.57. The Bertz CT molecular complexity index is 483. The first-order valence-electron chi connectivity index (χ1n) is 5.86. The Kier molecular flexibility index (Phi) is 3.64. The molecule has 19 heavy (non-hydrogen) atoms. The molecule has 1 aliphatic rings. The summed E-state index contributed by atoms with van der Waals surface area (Å²) in [6.07, 6.45) is -0.983. The van der Waals surface area contributed by atoms with Crippen molar-refractivity contribution in [3.8, 4) is 5.75 Å². The standard InChI is InChI=1S/C12H12F3NO3/c13-8-1-2-10(16(17)18)11(7-8)19-9-3-5-12(14,15)6-4-9/h1-2,7,9H,3-6H2. The van der Waals surface area contributed by atoms with E-state index in [9.17, 15) is 23.3 Å². The van der Waals surface area contributed by atoms with Gasteiger partial charge < -0.3 is 4.74 Å².